The second kappa shape index (κ2) is 9.86. The van der Waals surface area contributed by atoms with Crippen LogP contribution in [0.5, 0.6) is 0 Å². The molecule has 0 aliphatic carbocycles. The van der Waals surface area contributed by atoms with E-state index in [1.54, 1.807) is 36.4 Å². The average molecular weight is 428 g/mol. The fourth-order valence-electron chi connectivity index (χ4n) is 2.80. The minimum atomic E-state index is -0.559. The van der Waals surface area contributed by atoms with E-state index in [0.717, 1.165) is 11.1 Å². The molecule has 0 heterocycles. The molecule has 8 heteroatoms. The van der Waals surface area contributed by atoms with Gasteiger partial charge in [0.2, 0.25) is 0 Å². The zero-order valence-corrected chi connectivity index (χ0v) is 16.6. The molecule has 0 unspecified atom stereocenters. The van der Waals surface area contributed by atoms with Gasteiger partial charge >= 0.3 is 0 Å². The SMILES string of the molecule is O=C(/C=C/c1ccc(/C=C/C(=O)c2cccc([N+](=O)[O-])c2)cc1)c1cccc([N+](=O)[O-])c1. The van der Waals surface area contributed by atoms with Crippen molar-refractivity contribution >= 4 is 35.1 Å². The second-order valence-corrected chi connectivity index (χ2v) is 6.68. The molecule has 3 aromatic carbocycles. The van der Waals surface area contributed by atoms with Crippen LogP contribution in [0.15, 0.2) is 84.9 Å². The average Bonchev–Trinajstić information content (AvgIpc) is 2.81. The molecule has 0 saturated heterocycles. The van der Waals surface area contributed by atoms with Gasteiger partial charge in [0, 0.05) is 35.4 Å². The van der Waals surface area contributed by atoms with Crippen molar-refractivity contribution in [3.8, 4) is 0 Å². The molecular formula is C24H16N2O6. The first-order valence-electron chi connectivity index (χ1n) is 9.37. The Hall–Kier alpha value is -4.72. The fourth-order valence-corrected chi connectivity index (χ4v) is 2.80. The summed E-state index contributed by atoms with van der Waals surface area (Å²) in [5.41, 5.74) is 1.58. The van der Waals surface area contributed by atoms with Crippen molar-refractivity contribution in [1.29, 1.82) is 0 Å². The molecule has 0 spiro atoms. The zero-order valence-electron chi connectivity index (χ0n) is 16.6. The van der Waals surface area contributed by atoms with Crippen LogP contribution < -0.4 is 0 Å². The minimum absolute atomic E-state index is 0.153. The maximum atomic E-state index is 12.2. The van der Waals surface area contributed by atoms with Gasteiger partial charge in [-0.15, -0.1) is 0 Å². The van der Waals surface area contributed by atoms with E-state index in [9.17, 15) is 29.8 Å². The predicted octanol–water partition coefficient (Wildman–Crippen LogP) is 5.30. The van der Waals surface area contributed by atoms with Crippen LogP contribution in [0.3, 0.4) is 0 Å². The Balaban J connectivity index is 1.66. The fraction of sp³-hybridized carbons (Fsp3) is 0. The van der Waals surface area contributed by atoms with Crippen molar-refractivity contribution in [3.05, 3.63) is 127 Å². The molecule has 0 atom stereocenters. The summed E-state index contributed by atoms with van der Waals surface area (Å²) in [7, 11) is 0. The highest BCUT2D eigenvalue weighted by atomic mass is 16.6. The number of nitrogens with zero attached hydrogens (tertiary/aromatic N) is 2. The minimum Gasteiger partial charge on any atom is -0.289 e. The Labute approximate surface area is 182 Å². The van der Waals surface area contributed by atoms with Crippen LogP contribution in [-0.2, 0) is 0 Å². The van der Waals surface area contributed by atoms with E-state index in [1.165, 1.54) is 60.7 Å². The van der Waals surface area contributed by atoms with Gasteiger partial charge in [0.25, 0.3) is 11.4 Å². The number of nitro groups is 2. The highest BCUT2D eigenvalue weighted by Gasteiger charge is 2.10. The lowest BCUT2D eigenvalue weighted by atomic mass is 10.1. The molecule has 8 nitrogen and oxygen atoms in total. The molecule has 0 bridgehead atoms. The van der Waals surface area contributed by atoms with E-state index in [2.05, 4.69) is 0 Å². The maximum Gasteiger partial charge on any atom is 0.270 e. The molecular weight excluding hydrogens is 412 g/mol. The van der Waals surface area contributed by atoms with Crippen LogP contribution in [0, 0.1) is 20.2 Å². The van der Waals surface area contributed by atoms with Crippen molar-refractivity contribution in [2.24, 2.45) is 0 Å². The highest BCUT2D eigenvalue weighted by Crippen LogP contribution is 2.16. The van der Waals surface area contributed by atoms with Crippen molar-refractivity contribution in [2.45, 2.75) is 0 Å². The lowest BCUT2D eigenvalue weighted by Gasteiger charge is -1.98. The molecule has 3 aromatic rings. The monoisotopic (exact) mass is 428 g/mol. The van der Waals surface area contributed by atoms with Gasteiger partial charge in [-0.25, -0.2) is 0 Å². The number of carbonyl (C=O) groups is 2. The van der Waals surface area contributed by atoms with Gasteiger partial charge in [0.05, 0.1) is 9.85 Å². The van der Waals surface area contributed by atoms with Crippen molar-refractivity contribution < 1.29 is 19.4 Å². The summed E-state index contributed by atoms with van der Waals surface area (Å²) in [5, 5.41) is 21.7. The maximum absolute atomic E-state index is 12.2. The van der Waals surface area contributed by atoms with Crippen molar-refractivity contribution in [1.82, 2.24) is 0 Å². The molecule has 0 amide bonds. The molecule has 3 rings (SSSR count). The van der Waals surface area contributed by atoms with E-state index in [4.69, 9.17) is 0 Å². The second-order valence-electron chi connectivity index (χ2n) is 6.68. The Kier molecular flexibility index (Phi) is 6.77. The van der Waals surface area contributed by atoms with E-state index >= 15 is 0 Å². The normalized spacial score (nSPS) is 11.0. The molecule has 0 N–H and O–H groups in total. The molecule has 0 fully saturated rings. The number of hydrogen-bond donors (Lipinski definition) is 0. The zero-order chi connectivity index (χ0) is 23.1. The van der Waals surface area contributed by atoms with Gasteiger partial charge in [-0.05, 0) is 23.3 Å². The number of ketones is 2. The molecule has 158 valence electrons. The summed E-state index contributed by atoms with van der Waals surface area (Å²) < 4.78 is 0. The molecule has 0 saturated carbocycles. The lowest BCUT2D eigenvalue weighted by Crippen LogP contribution is -1.96. The van der Waals surface area contributed by atoms with Gasteiger partial charge in [0.15, 0.2) is 11.6 Å². The first kappa shape index (κ1) is 22.0. The third-order valence-electron chi connectivity index (χ3n) is 4.47. The summed E-state index contributed by atoms with van der Waals surface area (Å²) in [5.74, 6) is -0.722. The van der Waals surface area contributed by atoms with Crippen LogP contribution in [-0.4, -0.2) is 21.4 Å². The molecule has 0 aliphatic rings. The third-order valence-corrected chi connectivity index (χ3v) is 4.47. The van der Waals surface area contributed by atoms with Gasteiger partial charge in [0.1, 0.15) is 0 Å². The van der Waals surface area contributed by atoms with Crippen molar-refractivity contribution in [3.63, 3.8) is 0 Å². The largest absolute Gasteiger partial charge is 0.289 e. The van der Waals surface area contributed by atoms with Crippen LogP contribution in [0.2, 0.25) is 0 Å². The third kappa shape index (κ3) is 5.67. The highest BCUT2D eigenvalue weighted by molar-refractivity contribution is 6.07. The van der Waals surface area contributed by atoms with E-state index < -0.39 is 9.85 Å². The van der Waals surface area contributed by atoms with E-state index in [-0.39, 0.29) is 34.1 Å². The number of benzene rings is 3. The Morgan fingerprint density at radius 2 is 1.00 bits per heavy atom. The summed E-state index contributed by atoms with van der Waals surface area (Å²) in [6, 6.07) is 18.0. The summed E-state index contributed by atoms with van der Waals surface area (Å²) in [4.78, 5) is 45.0. The van der Waals surface area contributed by atoms with Gasteiger partial charge in [-0.1, -0.05) is 60.7 Å². The number of allylic oxidation sites excluding steroid dienone is 2. The smallest absolute Gasteiger partial charge is 0.270 e. The Bertz CT molecular complexity index is 1160. The topological polar surface area (TPSA) is 120 Å². The lowest BCUT2D eigenvalue weighted by molar-refractivity contribution is -0.385. The number of hydrogen-bond acceptors (Lipinski definition) is 6. The van der Waals surface area contributed by atoms with Crippen LogP contribution in [0.25, 0.3) is 12.2 Å². The summed E-state index contributed by atoms with van der Waals surface area (Å²) in [6.07, 6.45) is 5.83. The van der Waals surface area contributed by atoms with Crippen LogP contribution >= 0.6 is 0 Å². The molecule has 32 heavy (non-hydrogen) atoms. The van der Waals surface area contributed by atoms with Gasteiger partial charge in [-0.3, -0.25) is 29.8 Å². The summed E-state index contributed by atoms with van der Waals surface area (Å²) in [6.45, 7) is 0. The number of nitro benzene ring substituents is 2. The van der Waals surface area contributed by atoms with Gasteiger partial charge in [-0.2, -0.15) is 0 Å². The first-order chi connectivity index (χ1) is 15.3. The Morgan fingerprint density at radius 1 is 0.625 bits per heavy atom. The van der Waals surface area contributed by atoms with Crippen LogP contribution in [0.4, 0.5) is 11.4 Å². The van der Waals surface area contributed by atoms with Crippen molar-refractivity contribution in [2.75, 3.05) is 0 Å². The number of carbonyl (C=O) groups excluding carboxylic acids is 2. The quantitative estimate of drug-likeness (QED) is 0.208. The Morgan fingerprint density at radius 3 is 1.34 bits per heavy atom. The number of non-ortho nitro benzene ring substituents is 2. The predicted molar refractivity (Wildman–Crippen MR) is 119 cm³/mol. The molecule has 0 aliphatic heterocycles. The van der Waals surface area contributed by atoms with E-state index in [0.29, 0.717) is 0 Å². The standard InChI is InChI=1S/C24H16N2O6/c27-23(19-3-1-5-21(15-19)25(29)30)13-11-17-7-9-18(10-8-17)12-14-24(28)20-4-2-6-22(16-20)26(31)32/h1-16H/b13-11+,14-12+. The number of rotatable bonds is 8. The molecule has 0 radical (unpaired) electrons. The van der Waals surface area contributed by atoms with Crippen LogP contribution in [0.1, 0.15) is 31.8 Å². The molecule has 0 aromatic heterocycles. The summed E-state index contributed by atoms with van der Waals surface area (Å²) >= 11 is 0. The van der Waals surface area contributed by atoms with E-state index in [1.807, 2.05) is 0 Å². The first-order valence-corrected chi connectivity index (χ1v) is 9.37. The van der Waals surface area contributed by atoms with Gasteiger partial charge < -0.3 is 0 Å².